The number of hydrogen-bond donors (Lipinski definition) is 1. The fourth-order valence-corrected chi connectivity index (χ4v) is 2.84. The standard InChI is InChI=1S/C20H15ClN2O4/c21-15-6-2-1-5-14(15)16-10-9-13(26-16)11-22-23-20(24)19-12-25-17-7-3-4-8-18(17)27-19/h1-11,19H,12H2,(H,23,24)/t19-/m1/s1. The summed E-state index contributed by atoms with van der Waals surface area (Å²) in [5, 5.41) is 4.51. The topological polar surface area (TPSA) is 73.1 Å². The van der Waals surface area contributed by atoms with Crippen LogP contribution < -0.4 is 14.9 Å². The van der Waals surface area contributed by atoms with Crippen molar-refractivity contribution < 1.29 is 18.7 Å². The first-order valence-corrected chi connectivity index (χ1v) is 8.64. The van der Waals surface area contributed by atoms with E-state index < -0.39 is 12.0 Å². The van der Waals surface area contributed by atoms with Crippen molar-refractivity contribution in [2.75, 3.05) is 6.61 Å². The van der Waals surface area contributed by atoms with E-state index in [1.54, 1.807) is 30.3 Å². The van der Waals surface area contributed by atoms with Crippen LogP contribution >= 0.6 is 11.6 Å². The van der Waals surface area contributed by atoms with Crippen molar-refractivity contribution in [1.82, 2.24) is 5.43 Å². The van der Waals surface area contributed by atoms with Crippen LogP contribution in [-0.2, 0) is 4.79 Å². The number of halogens is 1. The minimum atomic E-state index is -0.771. The fourth-order valence-electron chi connectivity index (χ4n) is 2.61. The maximum atomic E-state index is 12.2. The summed E-state index contributed by atoms with van der Waals surface area (Å²) in [4.78, 5) is 12.2. The van der Waals surface area contributed by atoms with Crippen molar-refractivity contribution in [3.05, 3.63) is 71.4 Å². The molecule has 0 unspecified atom stereocenters. The first-order valence-electron chi connectivity index (χ1n) is 8.27. The number of amides is 1. The summed E-state index contributed by atoms with van der Waals surface area (Å²) in [5.41, 5.74) is 3.22. The van der Waals surface area contributed by atoms with Gasteiger partial charge in [0.2, 0.25) is 6.10 Å². The van der Waals surface area contributed by atoms with Crippen LogP contribution in [0.4, 0.5) is 0 Å². The Morgan fingerprint density at radius 1 is 1.07 bits per heavy atom. The van der Waals surface area contributed by atoms with Gasteiger partial charge in [-0.3, -0.25) is 4.79 Å². The molecular formula is C20H15ClN2O4. The van der Waals surface area contributed by atoms with Gasteiger partial charge in [0.05, 0.1) is 11.2 Å². The molecule has 2 heterocycles. The first-order chi connectivity index (χ1) is 13.2. The second-order valence-corrected chi connectivity index (χ2v) is 6.19. The molecular weight excluding hydrogens is 368 g/mol. The molecule has 0 saturated carbocycles. The molecule has 1 atom stereocenters. The van der Waals surface area contributed by atoms with Crippen LogP contribution in [0.5, 0.6) is 11.5 Å². The van der Waals surface area contributed by atoms with E-state index in [9.17, 15) is 4.79 Å². The van der Waals surface area contributed by atoms with E-state index in [4.69, 9.17) is 25.5 Å². The largest absolute Gasteiger partial charge is 0.485 e. The second-order valence-electron chi connectivity index (χ2n) is 5.78. The summed E-state index contributed by atoms with van der Waals surface area (Å²) in [6, 6.07) is 18.1. The summed E-state index contributed by atoms with van der Waals surface area (Å²) in [5.74, 6) is 1.85. The third-order valence-electron chi connectivity index (χ3n) is 3.93. The Hall–Kier alpha value is -3.25. The Bertz CT molecular complexity index is 999. The van der Waals surface area contributed by atoms with Gasteiger partial charge in [-0.05, 0) is 36.4 Å². The van der Waals surface area contributed by atoms with Crippen molar-refractivity contribution in [2.24, 2.45) is 5.10 Å². The van der Waals surface area contributed by atoms with Crippen molar-refractivity contribution in [3.63, 3.8) is 0 Å². The van der Waals surface area contributed by atoms with Gasteiger partial charge in [-0.15, -0.1) is 0 Å². The highest BCUT2D eigenvalue weighted by Gasteiger charge is 2.27. The minimum Gasteiger partial charge on any atom is -0.485 e. The number of hydrogen-bond acceptors (Lipinski definition) is 5. The zero-order valence-corrected chi connectivity index (χ0v) is 14.8. The number of nitrogens with zero attached hydrogens (tertiary/aromatic N) is 1. The van der Waals surface area contributed by atoms with Gasteiger partial charge in [-0.1, -0.05) is 35.9 Å². The Labute approximate surface area is 160 Å². The lowest BCUT2D eigenvalue weighted by Gasteiger charge is -2.24. The third kappa shape index (κ3) is 3.80. The average molecular weight is 383 g/mol. The molecule has 0 fully saturated rings. The molecule has 1 N–H and O–H groups in total. The third-order valence-corrected chi connectivity index (χ3v) is 4.26. The SMILES string of the molecule is O=C(NN=Cc1ccc(-c2ccccc2Cl)o1)[C@H]1COc2ccccc2O1. The summed E-state index contributed by atoms with van der Waals surface area (Å²) in [7, 11) is 0. The van der Waals surface area contributed by atoms with Gasteiger partial charge in [0.25, 0.3) is 5.91 Å². The van der Waals surface area contributed by atoms with Crippen LogP contribution in [0.3, 0.4) is 0 Å². The van der Waals surface area contributed by atoms with Gasteiger partial charge in [0, 0.05) is 5.56 Å². The molecule has 0 bridgehead atoms. The molecule has 3 aromatic rings. The lowest BCUT2D eigenvalue weighted by Crippen LogP contribution is -2.42. The minimum absolute atomic E-state index is 0.121. The van der Waals surface area contributed by atoms with Crippen LogP contribution in [0, 0.1) is 0 Å². The molecule has 1 aromatic heterocycles. The molecule has 1 amide bonds. The zero-order valence-electron chi connectivity index (χ0n) is 14.1. The van der Waals surface area contributed by atoms with E-state index in [1.807, 2.05) is 30.3 Å². The van der Waals surface area contributed by atoms with Gasteiger partial charge in [0.1, 0.15) is 18.1 Å². The van der Waals surface area contributed by atoms with Gasteiger partial charge in [0.15, 0.2) is 11.5 Å². The average Bonchev–Trinajstić information content (AvgIpc) is 3.16. The van der Waals surface area contributed by atoms with Crippen LogP contribution in [-0.4, -0.2) is 24.8 Å². The van der Waals surface area contributed by atoms with Gasteiger partial charge < -0.3 is 13.9 Å². The zero-order chi connectivity index (χ0) is 18.6. The van der Waals surface area contributed by atoms with Crippen molar-refractivity contribution >= 4 is 23.7 Å². The number of furan rings is 1. The molecule has 2 aromatic carbocycles. The molecule has 6 nitrogen and oxygen atoms in total. The Balaban J connectivity index is 1.37. The predicted octanol–water partition coefficient (Wildman–Crippen LogP) is 3.89. The summed E-state index contributed by atoms with van der Waals surface area (Å²) in [6.45, 7) is 0.121. The van der Waals surface area contributed by atoms with E-state index in [0.29, 0.717) is 28.0 Å². The Morgan fingerprint density at radius 2 is 1.85 bits per heavy atom. The summed E-state index contributed by atoms with van der Waals surface area (Å²) >= 11 is 6.16. The number of carbonyl (C=O) groups excluding carboxylic acids is 1. The van der Waals surface area contributed by atoms with Crippen molar-refractivity contribution in [1.29, 1.82) is 0 Å². The molecule has 1 aliphatic heterocycles. The number of rotatable bonds is 4. The quantitative estimate of drug-likeness (QED) is 0.548. The van der Waals surface area contributed by atoms with Crippen LogP contribution in [0.2, 0.25) is 5.02 Å². The van der Waals surface area contributed by atoms with Gasteiger partial charge in [-0.2, -0.15) is 5.10 Å². The normalized spacial score (nSPS) is 15.7. The predicted molar refractivity (Wildman–Crippen MR) is 101 cm³/mol. The molecule has 0 radical (unpaired) electrons. The lowest BCUT2D eigenvalue weighted by atomic mass is 10.2. The van der Waals surface area contributed by atoms with E-state index >= 15 is 0 Å². The number of nitrogens with one attached hydrogen (secondary N) is 1. The summed E-state index contributed by atoms with van der Waals surface area (Å²) in [6.07, 6.45) is 0.642. The van der Waals surface area contributed by atoms with Crippen molar-refractivity contribution in [3.8, 4) is 22.8 Å². The highest BCUT2D eigenvalue weighted by atomic mass is 35.5. The van der Waals surface area contributed by atoms with Crippen LogP contribution in [0.25, 0.3) is 11.3 Å². The van der Waals surface area contributed by atoms with Gasteiger partial charge >= 0.3 is 0 Å². The van der Waals surface area contributed by atoms with Crippen LogP contribution in [0.15, 0.2) is 70.2 Å². The van der Waals surface area contributed by atoms with Crippen molar-refractivity contribution in [2.45, 2.75) is 6.10 Å². The highest BCUT2D eigenvalue weighted by Crippen LogP contribution is 2.31. The first kappa shape index (κ1) is 17.2. The van der Waals surface area contributed by atoms with Gasteiger partial charge in [-0.25, -0.2) is 5.43 Å². The maximum absolute atomic E-state index is 12.2. The molecule has 136 valence electrons. The number of fused-ring (bicyclic) bond motifs is 1. The Kier molecular flexibility index (Phi) is 4.80. The molecule has 27 heavy (non-hydrogen) atoms. The molecule has 0 spiro atoms. The van der Waals surface area contributed by atoms with E-state index in [-0.39, 0.29) is 6.61 Å². The number of carbonyl (C=O) groups is 1. The highest BCUT2D eigenvalue weighted by molar-refractivity contribution is 6.33. The van der Waals surface area contributed by atoms with E-state index in [2.05, 4.69) is 10.5 Å². The number of benzene rings is 2. The Morgan fingerprint density at radius 3 is 2.70 bits per heavy atom. The second kappa shape index (κ2) is 7.55. The molecule has 0 saturated heterocycles. The fraction of sp³-hybridized carbons (Fsp3) is 0.100. The van der Waals surface area contributed by atoms with E-state index in [1.165, 1.54) is 6.21 Å². The number of para-hydroxylation sites is 2. The number of hydrazone groups is 1. The molecule has 0 aliphatic carbocycles. The molecule has 1 aliphatic rings. The van der Waals surface area contributed by atoms with Crippen LogP contribution in [0.1, 0.15) is 5.76 Å². The smallest absolute Gasteiger partial charge is 0.284 e. The monoisotopic (exact) mass is 382 g/mol. The number of ether oxygens (including phenoxy) is 2. The lowest BCUT2D eigenvalue weighted by molar-refractivity contribution is -0.130. The molecule has 4 rings (SSSR count). The maximum Gasteiger partial charge on any atom is 0.284 e. The summed E-state index contributed by atoms with van der Waals surface area (Å²) < 4.78 is 16.8. The van der Waals surface area contributed by atoms with E-state index in [0.717, 1.165) is 5.56 Å². The molecule has 7 heteroatoms.